The van der Waals surface area contributed by atoms with Gasteiger partial charge in [0.15, 0.2) is 23.0 Å². The number of thiol groups is 2. The summed E-state index contributed by atoms with van der Waals surface area (Å²) >= 11 is 13.1. The molecule has 15 nitrogen and oxygen atoms in total. The molecule has 7 aromatic rings. The van der Waals surface area contributed by atoms with Gasteiger partial charge in [-0.05, 0) is 146 Å². The van der Waals surface area contributed by atoms with E-state index in [9.17, 15) is 24.0 Å². The van der Waals surface area contributed by atoms with E-state index in [0.717, 1.165) is 99.6 Å². The average Bonchev–Trinajstić information content (AvgIpc) is 4.30. The van der Waals surface area contributed by atoms with Crippen LogP contribution in [-0.4, -0.2) is 65.1 Å². The number of hydrogen-bond donors (Lipinski definition) is 4. The summed E-state index contributed by atoms with van der Waals surface area (Å²) in [5.41, 5.74) is 11.0. The van der Waals surface area contributed by atoms with Crippen molar-refractivity contribution in [3.05, 3.63) is 185 Å². The van der Waals surface area contributed by atoms with Gasteiger partial charge in [0.2, 0.25) is 0 Å². The average molecular weight is 1200 g/mol. The highest BCUT2D eigenvalue weighted by Gasteiger charge is 2.19. The Morgan fingerprint density at radius 2 is 0.872 bits per heavy atom. The van der Waals surface area contributed by atoms with Gasteiger partial charge in [-0.25, -0.2) is 4.79 Å². The molecule has 0 saturated carbocycles. The van der Waals surface area contributed by atoms with E-state index >= 15 is 0 Å². The Morgan fingerprint density at radius 3 is 1.22 bits per heavy atom. The first-order valence-corrected chi connectivity index (χ1v) is 29.4. The molecule has 3 aromatic carbocycles. The number of amides is 1. The first-order chi connectivity index (χ1) is 37.2. The molecule has 3 N–H and O–H groups in total. The molecule has 418 valence electrons. The van der Waals surface area contributed by atoms with Gasteiger partial charge in [-0.15, -0.1) is 12.4 Å². The molecule has 22 heteroatoms. The Kier molecular flexibility index (Phi) is 29.3. The van der Waals surface area contributed by atoms with Crippen LogP contribution in [0.5, 0.6) is 17.2 Å². The maximum Gasteiger partial charge on any atom is 0.407 e. The number of carbonyl (C=O) groups excluding carboxylic acids is 5. The molecule has 0 aliphatic heterocycles. The minimum atomic E-state index is -0.573. The van der Waals surface area contributed by atoms with Crippen molar-refractivity contribution in [1.29, 1.82) is 0 Å². The summed E-state index contributed by atoms with van der Waals surface area (Å²) in [7, 11) is 0. The quantitative estimate of drug-likeness (QED) is 0.0327. The molecule has 0 spiro atoms. The maximum atomic E-state index is 12.4. The zero-order chi connectivity index (χ0) is 55.4. The fourth-order valence-corrected chi connectivity index (χ4v) is 10.3. The molecule has 0 aliphatic carbocycles. The number of alkyl carbamates (subject to hydrolysis) is 1. The SMILES string of the molecule is CC(C)(C)OC(=O)NCCOc1ccc(CSC(=O)c2ccco2)c(CSC(=O)c2ccco2)c1.CCCOc1ccc(CS)c(CS)c1.Cl.NCCOc1ccc(CSC(=O)c2ccco2)c(CSC(=O)c2ccco2)c1. The van der Waals surface area contributed by atoms with Crippen molar-refractivity contribution < 1.29 is 60.6 Å². The second-order valence-electron chi connectivity index (χ2n) is 17.1. The van der Waals surface area contributed by atoms with Crippen molar-refractivity contribution >= 4 is 111 Å². The monoisotopic (exact) mass is 1200 g/mol. The van der Waals surface area contributed by atoms with Crippen LogP contribution in [0.1, 0.15) is 110 Å². The van der Waals surface area contributed by atoms with Crippen molar-refractivity contribution in [2.75, 3.05) is 32.9 Å². The number of rotatable bonds is 24. The van der Waals surface area contributed by atoms with E-state index in [1.54, 1.807) is 75.4 Å². The highest BCUT2D eigenvalue weighted by molar-refractivity contribution is 8.14. The fourth-order valence-electron chi connectivity index (χ4n) is 6.40. The van der Waals surface area contributed by atoms with Gasteiger partial charge >= 0.3 is 6.09 Å². The molecule has 1 amide bonds. The second kappa shape index (κ2) is 35.2. The van der Waals surface area contributed by atoms with Gasteiger partial charge in [0.1, 0.15) is 36.1 Å². The number of furan rings is 4. The van der Waals surface area contributed by atoms with E-state index < -0.39 is 11.7 Å². The lowest BCUT2D eigenvalue weighted by atomic mass is 10.1. The fraction of sp³-hybridized carbons (Fsp3) is 0.304. The van der Waals surface area contributed by atoms with E-state index in [4.69, 9.17) is 42.3 Å². The molecular weight excluding hydrogens is 1140 g/mol. The molecule has 4 aromatic heterocycles. The van der Waals surface area contributed by atoms with Crippen LogP contribution in [0.15, 0.2) is 146 Å². The largest absolute Gasteiger partial charge is 0.494 e. The summed E-state index contributed by atoms with van der Waals surface area (Å²) in [5, 5.41) is 1.99. The Morgan fingerprint density at radius 1 is 0.513 bits per heavy atom. The van der Waals surface area contributed by atoms with E-state index in [-0.39, 0.29) is 57.5 Å². The molecule has 0 unspecified atom stereocenters. The van der Waals surface area contributed by atoms with Crippen molar-refractivity contribution in [2.24, 2.45) is 5.73 Å². The highest BCUT2D eigenvalue weighted by atomic mass is 35.5. The van der Waals surface area contributed by atoms with Crippen LogP contribution in [0.4, 0.5) is 4.79 Å². The first kappa shape index (κ1) is 65.0. The van der Waals surface area contributed by atoms with Gasteiger partial charge in [-0.3, -0.25) is 19.2 Å². The van der Waals surface area contributed by atoms with Crippen LogP contribution in [0, 0.1) is 0 Å². The summed E-state index contributed by atoms with van der Waals surface area (Å²) in [6, 6.07) is 30.4. The molecule has 0 radical (unpaired) electrons. The number of nitrogens with one attached hydrogen (secondary N) is 1. The molecule has 0 bridgehead atoms. The number of hydrogen-bond acceptors (Lipinski definition) is 20. The first-order valence-electron chi connectivity index (χ1n) is 24.1. The number of ether oxygens (including phenoxy) is 4. The predicted octanol–water partition coefficient (Wildman–Crippen LogP) is 14.0. The third kappa shape index (κ3) is 23.1. The van der Waals surface area contributed by atoms with Gasteiger partial charge in [-0.1, -0.05) is 72.2 Å². The van der Waals surface area contributed by atoms with Crippen LogP contribution >= 0.6 is 84.7 Å². The third-order valence-electron chi connectivity index (χ3n) is 10.1. The maximum absolute atomic E-state index is 12.4. The zero-order valence-corrected chi connectivity index (χ0v) is 49.3. The third-order valence-corrected chi connectivity index (χ3v) is 14.5. The summed E-state index contributed by atoms with van der Waals surface area (Å²) in [5.74, 6) is 6.55. The van der Waals surface area contributed by atoms with Gasteiger partial charge < -0.3 is 47.7 Å². The Bertz CT molecular complexity index is 2890. The molecule has 0 aliphatic rings. The predicted molar refractivity (Wildman–Crippen MR) is 319 cm³/mol. The topological polar surface area (TPSA) is 213 Å². The molecule has 0 saturated heterocycles. The highest BCUT2D eigenvalue weighted by Crippen LogP contribution is 2.31. The molecule has 0 fully saturated rings. The summed E-state index contributed by atoms with van der Waals surface area (Å²) in [4.78, 5) is 60.9. The Hall–Kier alpha value is -5.52. The lowest BCUT2D eigenvalue weighted by Gasteiger charge is -2.19. The molecule has 7 rings (SSSR count). The van der Waals surface area contributed by atoms with Gasteiger partial charge in [-0.2, -0.15) is 25.3 Å². The molecule has 4 heterocycles. The number of benzene rings is 3. The zero-order valence-electron chi connectivity index (χ0n) is 43.4. The standard InChI is InChI=1S/C25H27NO7S2.C20H19NO5S2.C11H16OS2.ClH/c1-25(2,3)33-24(29)26-10-13-30-19-9-8-17(15-34-22(27)20-6-4-11-31-20)18(14-19)16-35-23(28)21-7-5-12-32-21;21-7-10-24-16-6-5-14(12-27-19(22)17-3-1-8-25-17)15(11-16)13-28-20(23)18-4-2-9-26-18;1-2-5-12-11-4-3-9(7-13)10(6-11)8-14;/h4-9,11-12,14H,10,13,15-16H2,1-3H3,(H,26,29);1-6,8-9,11H,7,10,12-13,21H2;3-4,6,13-14H,2,5,7-8H2,1H3;1H. The lowest BCUT2D eigenvalue weighted by Crippen LogP contribution is -2.34. The van der Waals surface area contributed by atoms with Crippen molar-refractivity contribution in [3.8, 4) is 17.2 Å². The smallest absolute Gasteiger partial charge is 0.407 e. The summed E-state index contributed by atoms with van der Waals surface area (Å²) in [6.45, 7) is 9.57. The number of halogens is 1. The second-order valence-corrected chi connectivity index (χ2v) is 21.5. The van der Waals surface area contributed by atoms with Crippen LogP contribution < -0.4 is 25.3 Å². The van der Waals surface area contributed by atoms with Crippen LogP contribution in [0.25, 0.3) is 0 Å². The minimum absolute atomic E-state index is 0. The normalized spacial score (nSPS) is 10.7. The van der Waals surface area contributed by atoms with Crippen molar-refractivity contribution in [1.82, 2.24) is 5.32 Å². The van der Waals surface area contributed by atoms with Crippen LogP contribution in [-0.2, 0) is 39.3 Å². The van der Waals surface area contributed by atoms with E-state index in [1.165, 1.54) is 36.2 Å². The molecular formula is C56H63ClN2O13S6. The number of carbonyl (C=O) groups is 5. The molecule has 78 heavy (non-hydrogen) atoms. The summed E-state index contributed by atoms with van der Waals surface area (Å²) in [6.07, 6.45) is 6.38. The van der Waals surface area contributed by atoms with E-state index in [2.05, 4.69) is 43.6 Å². The van der Waals surface area contributed by atoms with E-state index in [0.29, 0.717) is 59.2 Å². The van der Waals surface area contributed by atoms with Gasteiger partial charge in [0, 0.05) is 41.1 Å². The lowest BCUT2D eigenvalue weighted by molar-refractivity contribution is 0.0519. The molecule has 0 atom stereocenters. The van der Waals surface area contributed by atoms with Crippen LogP contribution in [0.3, 0.4) is 0 Å². The summed E-state index contributed by atoms with van der Waals surface area (Å²) < 4.78 is 42.7. The number of nitrogens with two attached hydrogens (primary N) is 1. The van der Waals surface area contributed by atoms with Crippen LogP contribution in [0.2, 0.25) is 0 Å². The minimum Gasteiger partial charge on any atom is -0.494 e. The van der Waals surface area contributed by atoms with Gasteiger partial charge in [0.25, 0.3) is 20.5 Å². The van der Waals surface area contributed by atoms with Crippen molar-refractivity contribution in [3.63, 3.8) is 0 Å². The number of thioether (sulfide) groups is 4. The van der Waals surface area contributed by atoms with Gasteiger partial charge in [0.05, 0.1) is 38.2 Å². The van der Waals surface area contributed by atoms with Crippen molar-refractivity contribution in [2.45, 2.75) is 74.2 Å². The Labute approximate surface area is 488 Å². The Balaban J connectivity index is 0.000000272. The van der Waals surface area contributed by atoms with E-state index in [1.807, 2.05) is 42.5 Å².